The van der Waals surface area contributed by atoms with Crippen LogP contribution in [0.4, 0.5) is 10.6 Å². The Morgan fingerprint density at radius 1 is 1.38 bits per heavy atom. The zero-order chi connectivity index (χ0) is 16.8. The van der Waals surface area contributed by atoms with E-state index in [0.29, 0.717) is 24.6 Å². The van der Waals surface area contributed by atoms with Gasteiger partial charge in [0.2, 0.25) is 7.85 Å². The molecular formula is C15H16BN7O. The number of nitrogens with two attached hydrogens (primary N) is 1. The van der Waals surface area contributed by atoms with Crippen LogP contribution < -0.4 is 5.73 Å². The number of nitrogens with zero attached hydrogens (tertiary/aromatic N) is 6. The minimum Gasteiger partial charge on any atom is -0.384 e. The van der Waals surface area contributed by atoms with Crippen molar-refractivity contribution < 1.29 is 4.79 Å². The molecule has 4 heterocycles. The van der Waals surface area contributed by atoms with Gasteiger partial charge < -0.3 is 10.6 Å². The number of anilines is 1. The van der Waals surface area contributed by atoms with Crippen LogP contribution in [-0.4, -0.2) is 56.0 Å². The second-order valence-electron chi connectivity index (χ2n) is 6.07. The molecular weight excluding hydrogens is 305 g/mol. The highest BCUT2D eigenvalue weighted by Crippen LogP contribution is 2.30. The van der Waals surface area contributed by atoms with E-state index in [1.54, 1.807) is 26.5 Å². The fourth-order valence-corrected chi connectivity index (χ4v) is 3.18. The molecule has 1 saturated heterocycles. The SMILES string of the molecule is [B]C(=O)N1CCC(c2cc(N)n3ncc(-c4cnn(C)c4)c3n2)C1. The van der Waals surface area contributed by atoms with Gasteiger partial charge in [0, 0.05) is 49.4 Å². The van der Waals surface area contributed by atoms with Crippen LogP contribution in [0.2, 0.25) is 0 Å². The Hall–Kier alpha value is -2.84. The molecule has 2 radical (unpaired) electrons. The minimum absolute atomic E-state index is 0.126. The summed E-state index contributed by atoms with van der Waals surface area (Å²) in [5, 5.41) is 8.52. The van der Waals surface area contributed by atoms with Gasteiger partial charge in [-0.3, -0.25) is 9.48 Å². The van der Waals surface area contributed by atoms with E-state index >= 15 is 0 Å². The van der Waals surface area contributed by atoms with Crippen LogP contribution in [0.1, 0.15) is 18.0 Å². The largest absolute Gasteiger partial charge is 0.384 e. The maximum absolute atomic E-state index is 11.3. The fraction of sp³-hybridized carbons (Fsp3) is 0.333. The van der Waals surface area contributed by atoms with E-state index in [4.69, 9.17) is 18.6 Å². The molecule has 4 rings (SSSR count). The Kier molecular flexibility index (Phi) is 3.29. The van der Waals surface area contributed by atoms with Gasteiger partial charge >= 0.3 is 0 Å². The number of hydrogen-bond donors (Lipinski definition) is 1. The number of likely N-dealkylation sites (tertiary alicyclic amines) is 1. The van der Waals surface area contributed by atoms with Gasteiger partial charge in [-0.1, -0.05) is 0 Å². The number of rotatable bonds is 2. The Labute approximate surface area is 139 Å². The molecule has 2 N–H and O–H groups in total. The van der Waals surface area contributed by atoms with Gasteiger partial charge in [0.25, 0.3) is 0 Å². The van der Waals surface area contributed by atoms with Crippen molar-refractivity contribution in [2.24, 2.45) is 7.05 Å². The van der Waals surface area contributed by atoms with E-state index < -0.39 is 5.81 Å². The van der Waals surface area contributed by atoms with E-state index in [2.05, 4.69) is 10.2 Å². The average Bonchev–Trinajstić information content (AvgIpc) is 3.24. The van der Waals surface area contributed by atoms with E-state index in [1.165, 1.54) is 0 Å². The third-order valence-corrected chi connectivity index (χ3v) is 4.45. The molecule has 1 fully saturated rings. The van der Waals surface area contributed by atoms with Crippen molar-refractivity contribution in [1.82, 2.24) is 29.3 Å². The summed E-state index contributed by atoms with van der Waals surface area (Å²) in [5.41, 5.74) is 9.50. The van der Waals surface area contributed by atoms with Crippen LogP contribution in [0, 0.1) is 0 Å². The van der Waals surface area contributed by atoms with Gasteiger partial charge in [0.05, 0.1) is 18.1 Å². The summed E-state index contributed by atoms with van der Waals surface area (Å²) in [7, 11) is 7.22. The summed E-state index contributed by atoms with van der Waals surface area (Å²) >= 11 is 0. The normalized spacial score (nSPS) is 17.7. The molecule has 3 aromatic heterocycles. The highest BCUT2D eigenvalue weighted by Gasteiger charge is 2.27. The van der Waals surface area contributed by atoms with Crippen molar-refractivity contribution in [2.75, 3.05) is 18.8 Å². The predicted molar refractivity (Wildman–Crippen MR) is 89.7 cm³/mol. The van der Waals surface area contributed by atoms with Gasteiger partial charge in [-0.2, -0.15) is 14.7 Å². The highest BCUT2D eigenvalue weighted by molar-refractivity contribution is 6.56. The zero-order valence-corrected chi connectivity index (χ0v) is 13.3. The Balaban J connectivity index is 1.77. The summed E-state index contributed by atoms with van der Waals surface area (Å²) in [6.07, 6.45) is 6.24. The lowest BCUT2D eigenvalue weighted by Gasteiger charge is -2.15. The second-order valence-corrected chi connectivity index (χ2v) is 6.07. The lowest BCUT2D eigenvalue weighted by molar-refractivity contribution is 0.231. The Morgan fingerprint density at radius 3 is 2.88 bits per heavy atom. The number of hydrogen-bond acceptors (Lipinski definition) is 5. The molecule has 9 heteroatoms. The van der Waals surface area contributed by atoms with Gasteiger partial charge in [-0.15, -0.1) is 0 Å². The topological polar surface area (TPSA) is 94.3 Å². The minimum atomic E-state index is -0.396. The molecule has 3 aromatic rings. The molecule has 1 amide bonds. The summed E-state index contributed by atoms with van der Waals surface area (Å²) in [6, 6.07) is 1.82. The van der Waals surface area contributed by atoms with E-state index in [9.17, 15) is 4.79 Å². The number of amides is 1. The van der Waals surface area contributed by atoms with Gasteiger partial charge in [-0.05, 0) is 6.42 Å². The zero-order valence-electron chi connectivity index (χ0n) is 13.3. The van der Waals surface area contributed by atoms with E-state index in [1.807, 2.05) is 19.3 Å². The Morgan fingerprint density at radius 2 is 2.21 bits per heavy atom. The summed E-state index contributed by atoms with van der Waals surface area (Å²) in [6.45, 7) is 1.20. The standard InChI is InChI=1S/C15H16BN7O/c1-21-7-10(5-18-21)11-6-19-23-13(17)4-12(20-14(11)23)9-2-3-22(8-9)15(16)24/h4-7,9H,2-3,8,17H2,1H3. The number of fused-ring (bicyclic) bond motifs is 1. The third kappa shape index (κ3) is 2.32. The lowest BCUT2D eigenvalue weighted by Crippen LogP contribution is -2.27. The molecule has 1 atom stereocenters. The molecule has 8 nitrogen and oxygen atoms in total. The first-order valence-electron chi connectivity index (χ1n) is 7.70. The van der Waals surface area contributed by atoms with Crippen LogP contribution in [0.5, 0.6) is 0 Å². The molecule has 24 heavy (non-hydrogen) atoms. The van der Waals surface area contributed by atoms with Crippen molar-refractivity contribution in [3.05, 3.63) is 30.4 Å². The Bertz CT molecular complexity index is 931. The number of carbonyl (C=O) groups is 1. The molecule has 0 aliphatic carbocycles. The fourth-order valence-electron chi connectivity index (χ4n) is 3.18. The molecule has 120 valence electrons. The van der Waals surface area contributed by atoms with E-state index in [-0.39, 0.29) is 5.92 Å². The molecule has 1 aliphatic rings. The molecule has 0 spiro atoms. The number of carbonyl (C=O) groups excluding carboxylic acids is 1. The number of aryl methyl sites for hydroxylation is 1. The second kappa shape index (κ2) is 5.36. The monoisotopic (exact) mass is 321 g/mol. The van der Waals surface area contributed by atoms with E-state index in [0.717, 1.165) is 23.2 Å². The van der Waals surface area contributed by atoms with Crippen molar-refractivity contribution >= 4 is 25.1 Å². The first-order chi connectivity index (χ1) is 11.5. The number of nitrogen functional groups attached to an aromatic ring is 1. The molecule has 0 bridgehead atoms. The molecule has 0 aromatic carbocycles. The van der Waals surface area contributed by atoms with Crippen LogP contribution in [0.25, 0.3) is 16.8 Å². The van der Waals surface area contributed by atoms with Crippen LogP contribution in [0.15, 0.2) is 24.7 Å². The first kappa shape index (κ1) is 14.7. The molecule has 1 unspecified atom stereocenters. The summed E-state index contributed by atoms with van der Waals surface area (Å²) < 4.78 is 3.35. The maximum Gasteiger partial charge on any atom is 0.200 e. The number of aromatic nitrogens is 5. The van der Waals surface area contributed by atoms with Crippen LogP contribution >= 0.6 is 0 Å². The molecule has 1 aliphatic heterocycles. The van der Waals surface area contributed by atoms with Crippen LogP contribution in [0.3, 0.4) is 0 Å². The van der Waals surface area contributed by atoms with Crippen molar-refractivity contribution in [3.8, 4) is 11.1 Å². The average molecular weight is 321 g/mol. The maximum atomic E-state index is 11.3. The summed E-state index contributed by atoms with van der Waals surface area (Å²) in [5.74, 6) is 0.246. The molecule has 0 saturated carbocycles. The predicted octanol–water partition coefficient (Wildman–Crippen LogP) is 0.790. The van der Waals surface area contributed by atoms with Crippen LogP contribution in [-0.2, 0) is 7.05 Å². The van der Waals surface area contributed by atoms with Gasteiger partial charge in [0.1, 0.15) is 5.82 Å². The van der Waals surface area contributed by atoms with Crippen molar-refractivity contribution in [3.63, 3.8) is 0 Å². The van der Waals surface area contributed by atoms with Gasteiger partial charge in [0.15, 0.2) is 11.5 Å². The van der Waals surface area contributed by atoms with Crippen molar-refractivity contribution in [2.45, 2.75) is 12.3 Å². The first-order valence-corrected chi connectivity index (χ1v) is 7.70. The lowest BCUT2D eigenvalue weighted by atomic mass is 10.0. The van der Waals surface area contributed by atoms with Crippen molar-refractivity contribution in [1.29, 1.82) is 0 Å². The summed E-state index contributed by atoms with van der Waals surface area (Å²) in [4.78, 5) is 17.7. The van der Waals surface area contributed by atoms with Gasteiger partial charge in [-0.25, -0.2) is 4.98 Å². The quantitative estimate of drug-likeness (QED) is 0.704. The smallest absolute Gasteiger partial charge is 0.200 e. The highest BCUT2D eigenvalue weighted by atomic mass is 16.1. The third-order valence-electron chi connectivity index (χ3n) is 4.45.